The van der Waals surface area contributed by atoms with Gasteiger partial charge in [-0.15, -0.1) is 0 Å². The van der Waals surface area contributed by atoms with Crippen molar-refractivity contribution in [3.05, 3.63) is 46.0 Å². The number of nitro benzene ring substituents is 1. The molecule has 16 heavy (non-hydrogen) atoms. The largest absolute Gasteiger partial charge is 0.385 e. The van der Waals surface area contributed by atoms with Crippen LogP contribution < -0.4 is 5.32 Å². The molecule has 0 saturated heterocycles. The third-order valence-corrected chi connectivity index (χ3v) is 2.15. The topological polar surface area (TPSA) is 55.2 Å². The smallest absolute Gasteiger partial charge is 0.271 e. The van der Waals surface area contributed by atoms with Crippen molar-refractivity contribution in [3.63, 3.8) is 0 Å². The highest BCUT2D eigenvalue weighted by Crippen LogP contribution is 2.20. The molecule has 0 amide bonds. The predicted molar refractivity (Wildman–Crippen MR) is 65.8 cm³/mol. The van der Waals surface area contributed by atoms with E-state index in [9.17, 15) is 10.1 Å². The second kappa shape index (κ2) is 5.90. The van der Waals surface area contributed by atoms with E-state index < -0.39 is 0 Å². The Balaban J connectivity index is 2.69. The van der Waals surface area contributed by atoms with Crippen molar-refractivity contribution >= 4 is 11.4 Å². The third-order valence-electron chi connectivity index (χ3n) is 2.15. The maximum Gasteiger partial charge on any atom is 0.271 e. The highest BCUT2D eigenvalue weighted by Gasteiger charge is 2.07. The average molecular weight is 220 g/mol. The van der Waals surface area contributed by atoms with Crippen LogP contribution in [0.1, 0.15) is 18.9 Å². The summed E-state index contributed by atoms with van der Waals surface area (Å²) in [5, 5.41) is 13.8. The lowest BCUT2D eigenvalue weighted by molar-refractivity contribution is -0.384. The summed E-state index contributed by atoms with van der Waals surface area (Å²) in [4.78, 5) is 10.3. The van der Waals surface area contributed by atoms with Gasteiger partial charge in [0.05, 0.1) is 4.92 Å². The zero-order valence-corrected chi connectivity index (χ0v) is 9.56. The molecule has 1 aromatic rings. The molecule has 0 heterocycles. The molecule has 0 aliphatic carbocycles. The number of non-ortho nitro benzene ring substituents is 1. The monoisotopic (exact) mass is 220 g/mol. The van der Waals surface area contributed by atoms with Gasteiger partial charge in [0.2, 0.25) is 0 Å². The van der Waals surface area contributed by atoms with Crippen LogP contribution in [0.5, 0.6) is 0 Å². The average Bonchev–Trinajstić information content (AvgIpc) is 2.23. The van der Waals surface area contributed by atoms with E-state index in [1.807, 2.05) is 26.0 Å². The zero-order valence-electron chi connectivity index (χ0n) is 9.56. The SMILES string of the molecule is C/C=C/CCNc1cc(C)cc([N+](=O)[O-])c1. The minimum atomic E-state index is -0.371. The van der Waals surface area contributed by atoms with Gasteiger partial charge in [0.1, 0.15) is 0 Å². The Morgan fingerprint density at radius 2 is 2.19 bits per heavy atom. The van der Waals surface area contributed by atoms with Gasteiger partial charge in [-0.1, -0.05) is 12.2 Å². The van der Waals surface area contributed by atoms with E-state index in [1.165, 1.54) is 0 Å². The van der Waals surface area contributed by atoms with Crippen molar-refractivity contribution in [2.24, 2.45) is 0 Å². The molecule has 4 nitrogen and oxygen atoms in total. The van der Waals surface area contributed by atoms with Crippen LogP contribution in [0.25, 0.3) is 0 Å². The van der Waals surface area contributed by atoms with Gasteiger partial charge in [0, 0.05) is 24.4 Å². The molecule has 0 aliphatic heterocycles. The molecular formula is C12H16N2O2. The van der Waals surface area contributed by atoms with Gasteiger partial charge in [-0.05, 0) is 31.9 Å². The number of aryl methyl sites for hydroxylation is 1. The second-order valence-electron chi connectivity index (χ2n) is 3.60. The molecule has 86 valence electrons. The number of nitrogens with zero attached hydrogens (tertiary/aromatic N) is 1. The van der Waals surface area contributed by atoms with Gasteiger partial charge in [0.25, 0.3) is 5.69 Å². The van der Waals surface area contributed by atoms with Crippen LogP contribution in [0.3, 0.4) is 0 Å². The Morgan fingerprint density at radius 3 is 2.81 bits per heavy atom. The first-order valence-corrected chi connectivity index (χ1v) is 5.24. The maximum absolute atomic E-state index is 10.6. The standard InChI is InChI=1S/C12H16N2O2/c1-3-4-5-6-13-11-7-10(2)8-12(9-11)14(15)16/h3-4,7-9,13H,5-6H2,1-2H3/b4-3+. The summed E-state index contributed by atoms with van der Waals surface area (Å²) in [6.45, 7) is 4.60. The fraction of sp³-hybridized carbons (Fsp3) is 0.333. The number of allylic oxidation sites excluding steroid dienone is 1. The van der Waals surface area contributed by atoms with Crippen molar-refractivity contribution in [3.8, 4) is 0 Å². The Morgan fingerprint density at radius 1 is 1.44 bits per heavy atom. The summed E-state index contributed by atoms with van der Waals surface area (Å²) in [5.74, 6) is 0. The van der Waals surface area contributed by atoms with E-state index in [4.69, 9.17) is 0 Å². The van der Waals surface area contributed by atoms with E-state index in [-0.39, 0.29) is 10.6 Å². The summed E-state index contributed by atoms with van der Waals surface area (Å²) in [5.41, 5.74) is 1.83. The number of anilines is 1. The molecule has 1 rings (SSSR count). The van der Waals surface area contributed by atoms with Crippen LogP contribution in [0.15, 0.2) is 30.4 Å². The molecule has 0 bridgehead atoms. The molecule has 0 fully saturated rings. The molecule has 0 aromatic heterocycles. The lowest BCUT2D eigenvalue weighted by atomic mass is 10.2. The lowest BCUT2D eigenvalue weighted by Crippen LogP contribution is -2.01. The van der Waals surface area contributed by atoms with Crippen molar-refractivity contribution < 1.29 is 4.92 Å². The highest BCUT2D eigenvalue weighted by atomic mass is 16.6. The summed E-state index contributed by atoms with van der Waals surface area (Å²) in [7, 11) is 0. The molecular weight excluding hydrogens is 204 g/mol. The molecule has 0 aliphatic rings. The van der Waals surface area contributed by atoms with E-state index in [0.29, 0.717) is 0 Å². The first-order valence-electron chi connectivity index (χ1n) is 5.24. The van der Waals surface area contributed by atoms with Gasteiger partial charge in [-0.2, -0.15) is 0 Å². The quantitative estimate of drug-likeness (QED) is 0.358. The fourth-order valence-electron chi connectivity index (χ4n) is 1.44. The zero-order chi connectivity index (χ0) is 12.0. The van der Waals surface area contributed by atoms with Crippen LogP contribution in [0.4, 0.5) is 11.4 Å². The van der Waals surface area contributed by atoms with Gasteiger partial charge in [-0.3, -0.25) is 10.1 Å². The van der Waals surface area contributed by atoms with Crippen LogP contribution in [0, 0.1) is 17.0 Å². The van der Waals surface area contributed by atoms with Crippen molar-refractivity contribution in [1.29, 1.82) is 0 Å². The Bertz CT molecular complexity index is 400. The van der Waals surface area contributed by atoms with Crippen LogP contribution in [-0.4, -0.2) is 11.5 Å². The van der Waals surface area contributed by atoms with Gasteiger partial charge in [-0.25, -0.2) is 0 Å². The molecule has 0 saturated carbocycles. The maximum atomic E-state index is 10.6. The number of benzene rings is 1. The normalized spacial score (nSPS) is 10.6. The first-order chi connectivity index (χ1) is 7.63. The van der Waals surface area contributed by atoms with E-state index in [2.05, 4.69) is 11.4 Å². The van der Waals surface area contributed by atoms with Crippen LogP contribution in [0.2, 0.25) is 0 Å². The highest BCUT2D eigenvalue weighted by molar-refractivity contribution is 5.53. The van der Waals surface area contributed by atoms with Gasteiger partial charge >= 0.3 is 0 Å². The van der Waals surface area contributed by atoms with Crippen molar-refractivity contribution in [2.45, 2.75) is 20.3 Å². The third kappa shape index (κ3) is 3.73. The molecule has 1 aromatic carbocycles. The Labute approximate surface area is 95.1 Å². The summed E-state index contributed by atoms with van der Waals surface area (Å²) < 4.78 is 0. The predicted octanol–water partition coefficient (Wildman–Crippen LogP) is 3.28. The fourth-order valence-corrected chi connectivity index (χ4v) is 1.44. The van der Waals surface area contributed by atoms with Crippen LogP contribution in [-0.2, 0) is 0 Å². The van der Waals surface area contributed by atoms with Crippen molar-refractivity contribution in [1.82, 2.24) is 0 Å². The molecule has 0 radical (unpaired) electrons. The van der Waals surface area contributed by atoms with Gasteiger partial charge in [0.15, 0.2) is 0 Å². The van der Waals surface area contributed by atoms with E-state index >= 15 is 0 Å². The number of nitrogens with one attached hydrogen (secondary N) is 1. The summed E-state index contributed by atoms with van der Waals surface area (Å²) >= 11 is 0. The Kier molecular flexibility index (Phi) is 4.51. The minimum absolute atomic E-state index is 0.133. The number of rotatable bonds is 5. The summed E-state index contributed by atoms with van der Waals surface area (Å²) in [6, 6.07) is 5.03. The molecule has 0 atom stereocenters. The molecule has 4 heteroatoms. The van der Waals surface area contributed by atoms with E-state index in [1.54, 1.807) is 12.1 Å². The number of nitro groups is 1. The second-order valence-corrected chi connectivity index (χ2v) is 3.60. The van der Waals surface area contributed by atoms with Crippen molar-refractivity contribution in [2.75, 3.05) is 11.9 Å². The number of hydrogen-bond acceptors (Lipinski definition) is 3. The lowest BCUT2D eigenvalue weighted by Gasteiger charge is -2.05. The Hall–Kier alpha value is -1.84. The van der Waals surface area contributed by atoms with E-state index in [0.717, 1.165) is 24.2 Å². The molecule has 0 spiro atoms. The molecule has 0 unspecified atom stereocenters. The first kappa shape index (κ1) is 12.2. The van der Waals surface area contributed by atoms with Crippen LogP contribution >= 0.6 is 0 Å². The minimum Gasteiger partial charge on any atom is -0.385 e. The number of hydrogen-bond donors (Lipinski definition) is 1. The molecule has 1 N–H and O–H groups in total. The van der Waals surface area contributed by atoms with Gasteiger partial charge < -0.3 is 5.32 Å². The summed E-state index contributed by atoms with van der Waals surface area (Å²) in [6.07, 6.45) is 4.95.